The highest BCUT2D eigenvalue weighted by Gasteiger charge is 2.38. The summed E-state index contributed by atoms with van der Waals surface area (Å²) in [5.74, 6) is 7.50. The quantitative estimate of drug-likeness (QED) is 0.460. The fourth-order valence-corrected chi connectivity index (χ4v) is 3.27. The van der Waals surface area contributed by atoms with Gasteiger partial charge in [0.15, 0.2) is 5.69 Å². The molecule has 0 spiro atoms. The topological polar surface area (TPSA) is 105 Å². The van der Waals surface area contributed by atoms with Crippen LogP contribution in [0.2, 0.25) is 0 Å². The Hall–Kier alpha value is -3.62. The minimum atomic E-state index is -0.194. The van der Waals surface area contributed by atoms with E-state index in [4.69, 9.17) is 5.84 Å². The molecule has 8 heteroatoms. The highest BCUT2D eigenvalue weighted by molar-refractivity contribution is 5.99. The zero-order valence-electron chi connectivity index (χ0n) is 16.2. The molecule has 0 bridgehead atoms. The largest absolute Gasteiger partial charge is 0.355 e. The number of quaternary nitrogens is 1. The molecule has 3 aromatic rings. The molecule has 2 atom stereocenters. The number of benzene rings is 2. The number of nitrogens with two attached hydrogens (primary N) is 1. The molecule has 4 N–H and O–H groups in total. The van der Waals surface area contributed by atoms with Crippen LogP contribution in [0.4, 0.5) is 23.1 Å². The Balaban J connectivity index is 1.63. The van der Waals surface area contributed by atoms with E-state index >= 15 is 0 Å². The Kier molecular flexibility index (Phi) is 4.79. The maximum atomic E-state index is 11.9. The third-order valence-corrected chi connectivity index (χ3v) is 4.91. The summed E-state index contributed by atoms with van der Waals surface area (Å²) in [5, 5.41) is 5.92. The van der Waals surface area contributed by atoms with Crippen LogP contribution < -0.4 is 21.1 Å². The first-order valence-corrected chi connectivity index (χ1v) is 9.25. The van der Waals surface area contributed by atoms with Gasteiger partial charge in [0, 0.05) is 30.9 Å². The summed E-state index contributed by atoms with van der Waals surface area (Å²) >= 11 is 0. The number of hydrogen-bond donors (Lipinski definition) is 3. The average molecular weight is 388 g/mol. The van der Waals surface area contributed by atoms with E-state index < -0.39 is 0 Å². The zero-order chi connectivity index (χ0) is 20.4. The number of nitrogens with zero attached hydrogens (tertiary/aromatic N) is 4. The van der Waals surface area contributed by atoms with Crippen molar-refractivity contribution < 1.29 is 4.79 Å². The van der Waals surface area contributed by atoms with Gasteiger partial charge in [-0.2, -0.15) is 15.8 Å². The molecule has 4 rings (SSSR count). The fraction of sp³-hybridized carbons (Fsp3) is 0.143. The lowest BCUT2D eigenvalue weighted by atomic mass is 10.1. The summed E-state index contributed by atoms with van der Waals surface area (Å²) in [4.78, 5) is 25.2. The maximum Gasteiger partial charge on any atom is 0.263 e. The van der Waals surface area contributed by atoms with E-state index in [9.17, 15) is 4.79 Å². The van der Waals surface area contributed by atoms with Gasteiger partial charge in [-0.05, 0) is 24.6 Å². The molecule has 29 heavy (non-hydrogen) atoms. The molecule has 146 valence electrons. The van der Waals surface area contributed by atoms with Gasteiger partial charge in [-0.25, -0.2) is 4.98 Å². The predicted molar refractivity (Wildman–Crippen MR) is 114 cm³/mol. The lowest BCUT2D eigenvalue weighted by Gasteiger charge is -2.23. The van der Waals surface area contributed by atoms with Crippen molar-refractivity contribution in [2.24, 2.45) is 10.8 Å². The molecule has 0 fully saturated rings. The first-order valence-electron chi connectivity index (χ1n) is 9.25. The van der Waals surface area contributed by atoms with E-state index in [0.29, 0.717) is 23.0 Å². The third-order valence-electron chi connectivity index (χ3n) is 4.91. The zero-order valence-corrected chi connectivity index (χ0v) is 16.2. The summed E-state index contributed by atoms with van der Waals surface area (Å²) in [6.45, 7) is 2.05. The molecule has 1 aromatic heterocycles. The lowest BCUT2D eigenvalue weighted by Crippen LogP contribution is -2.49. The molecule has 2 heterocycles. The van der Waals surface area contributed by atoms with Crippen molar-refractivity contribution in [1.82, 2.24) is 19.9 Å². The molecular formula is C21H22N7O+. The Morgan fingerprint density at radius 3 is 2.69 bits per heavy atom. The Labute approximate surface area is 168 Å². The van der Waals surface area contributed by atoms with Crippen molar-refractivity contribution in [2.45, 2.75) is 13.0 Å². The number of aromatic nitrogens is 2. The number of aliphatic imine (C=N–C) groups is 1. The summed E-state index contributed by atoms with van der Waals surface area (Å²) in [6, 6.07) is 17.1. The fourth-order valence-electron chi connectivity index (χ4n) is 3.27. The number of carbonyl (C=O) groups is 1. The van der Waals surface area contributed by atoms with Crippen LogP contribution in [-0.4, -0.2) is 29.3 Å². The summed E-state index contributed by atoms with van der Waals surface area (Å²) in [6.07, 6.45) is 3.27. The Bertz CT molecular complexity index is 1080. The summed E-state index contributed by atoms with van der Waals surface area (Å²) < 4.78 is -0.194. The molecule has 2 unspecified atom stereocenters. The molecule has 1 aliphatic rings. The first-order chi connectivity index (χ1) is 14.0. The van der Waals surface area contributed by atoms with Gasteiger partial charge in [-0.3, -0.25) is 4.79 Å². The number of nitrogens with one attached hydrogen (secondary N) is 2. The summed E-state index contributed by atoms with van der Waals surface area (Å²) in [7, 11) is 1.59. The standard InChI is InChI=1S/C21H21N7O/c1-14(15-6-4-3-5-7-15)26-21-24-11-10-19(27-21)28(22)13-25-17-12-16(20(29)23-2)8-9-18(17)28/h3-14H,22H2,1-2H3,(H-,23,24,26,27,29)/p+1. The van der Waals surface area contributed by atoms with Gasteiger partial charge in [-0.1, -0.05) is 30.3 Å². The van der Waals surface area contributed by atoms with Crippen LogP contribution in [0.1, 0.15) is 28.9 Å². The highest BCUT2D eigenvalue weighted by Crippen LogP contribution is 2.41. The normalized spacial score (nSPS) is 18.2. The van der Waals surface area contributed by atoms with Crippen LogP contribution >= 0.6 is 0 Å². The van der Waals surface area contributed by atoms with Crippen LogP contribution in [0.5, 0.6) is 0 Å². The van der Waals surface area contributed by atoms with Crippen molar-refractivity contribution in [3.05, 3.63) is 71.9 Å². The lowest BCUT2D eigenvalue weighted by molar-refractivity contribution is 0.0963. The molecule has 0 radical (unpaired) electrons. The molecule has 0 saturated carbocycles. The second-order valence-electron chi connectivity index (χ2n) is 6.82. The molecular weight excluding hydrogens is 366 g/mol. The van der Waals surface area contributed by atoms with Crippen LogP contribution in [0.3, 0.4) is 0 Å². The van der Waals surface area contributed by atoms with Crippen molar-refractivity contribution in [1.29, 1.82) is 0 Å². The van der Waals surface area contributed by atoms with E-state index in [1.54, 1.807) is 43.8 Å². The predicted octanol–water partition coefficient (Wildman–Crippen LogP) is 3.20. The van der Waals surface area contributed by atoms with E-state index in [0.717, 1.165) is 11.3 Å². The average Bonchev–Trinajstić information content (AvgIpc) is 3.11. The molecule has 8 nitrogen and oxygen atoms in total. The number of rotatable bonds is 5. The monoisotopic (exact) mass is 388 g/mol. The minimum absolute atomic E-state index is 0.0346. The van der Waals surface area contributed by atoms with Gasteiger partial charge in [0.25, 0.3) is 11.7 Å². The molecule has 0 saturated heterocycles. The maximum absolute atomic E-state index is 11.9. The van der Waals surface area contributed by atoms with E-state index in [-0.39, 0.29) is 16.5 Å². The molecule has 0 aliphatic carbocycles. The van der Waals surface area contributed by atoms with Gasteiger partial charge >= 0.3 is 0 Å². The summed E-state index contributed by atoms with van der Waals surface area (Å²) in [5.41, 5.74) is 3.03. The molecule has 2 aromatic carbocycles. The second kappa shape index (κ2) is 7.42. The van der Waals surface area contributed by atoms with Crippen LogP contribution in [-0.2, 0) is 0 Å². The van der Waals surface area contributed by atoms with E-state index in [1.165, 1.54) is 0 Å². The van der Waals surface area contributed by atoms with Gasteiger partial charge in [0.1, 0.15) is 5.69 Å². The molecule has 1 amide bonds. The van der Waals surface area contributed by atoms with Gasteiger partial charge in [-0.15, -0.1) is 4.59 Å². The van der Waals surface area contributed by atoms with Crippen molar-refractivity contribution >= 4 is 35.4 Å². The van der Waals surface area contributed by atoms with Crippen LogP contribution in [0, 0.1) is 0 Å². The number of anilines is 1. The Morgan fingerprint density at radius 2 is 1.93 bits per heavy atom. The first kappa shape index (κ1) is 18.7. The van der Waals surface area contributed by atoms with Gasteiger partial charge in [0.05, 0.1) is 6.04 Å². The smallest absolute Gasteiger partial charge is 0.263 e. The minimum Gasteiger partial charge on any atom is -0.355 e. The number of carbonyl (C=O) groups excluding carboxylic acids is 1. The van der Waals surface area contributed by atoms with Crippen LogP contribution in [0.25, 0.3) is 0 Å². The second-order valence-corrected chi connectivity index (χ2v) is 6.82. The number of fused-ring (bicyclic) bond motifs is 1. The number of amides is 1. The Morgan fingerprint density at radius 1 is 1.14 bits per heavy atom. The van der Waals surface area contributed by atoms with Crippen LogP contribution in [0.15, 0.2) is 65.8 Å². The number of hydrogen-bond acceptors (Lipinski definition) is 6. The van der Waals surface area contributed by atoms with Crippen molar-refractivity contribution in [3.63, 3.8) is 0 Å². The highest BCUT2D eigenvalue weighted by atomic mass is 16.1. The van der Waals surface area contributed by atoms with E-state index in [1.807, 2.05) is 37.3 Å². The van der Waals surface area contributed by atoms with Gasteiger partial charge < -0.3 is 10.6 Å². The van der Waals surface area contributed by atoms with E-state index in [2.05, 4.69) is 25.6 Å². The third kappa shape index (κ3) is 3.46. The van der Waals surface area contributed by atoms with Gasteiger partial charge in [0.2, 0.25) is 12.3 Å². The SMILES string of the molecule is CNC(=O)c1ccc2c(c1)N=C[N+]2(N)c1ccnc(NC(C)c2ccccc2)n1. The van der Waals surface area contributed by atoms with Crippen molar-refractivity contribution in [3.8, 4) is 0 Å². The molecule has 1 aliphatic heterocycles. The van der Waals surface area contributed by atoms with Crippen molar-refractivity contribution in [2.75, 3.05) is 12.4 Å².